The van der Waals surface area contributed by atoms with Crippen LogP contribution in [0.1, 0.15) is 5.56 Å². The molecule has 10 heavy (non-hydrogen) atoms. The van der Waals surface area contributed by atoms with Crippen LogP contribution in [-0.2, 0) is 6.42 Å². The van der Waals surface area contributed by atoms with Crippen LogP contribution in [0.25, 0.3) is 0 Å². The van der Waals surface area contributed by atoms with Crippen molar-refractivity contribution in [2.75, 3.05) is 0 Å². The molecular formula is C8H8BBr. The lowest BCUT2D eigenvalue weighted by Gasteiger charge is -1.97. The predicted octanol–water partition coefficient (Wildman–Crippen LogP) is 2.58. The van der Waals surface area contributed by atoms with Crippen LogP contribution in [0.4, 0.5) is 0 Å². The van der Waals surface area contributed by atoms with Crippen molar-refractivity contribution >= 4 is 23.8 Å². The van der Waals surface area contributed by atoms with E-state index < -0.39 is 0 Å². The molecule has 0 atom stereocenters. The van der Waals surface area contributed by atoms with Crippen molar-refractivity contribution in [3.8, 4) is 0 Å². The largest absolute Gasteiger partial charge is 0.0847 e. The molecule has 0 fully saturated rings. The number of aryl methyl sites for hydroxylation is 1. The number of benzene rings is 1. The Kier molecular flexibility index (Phi) is 3.00. The zero-order valence-corrected chi connectivity index (χ0v) is 7.26. The fourth-order valence-corrected chi connectivity index (χ4v) is 1.31. The monoisotopic (exact) mass is 194 g/mol. The summed E-state index contributed by atoms with van der Waals surface area (Å²) in [5, 5.41) is 0. The smallest absolute Gasteiger partial charge is 0.0657 e. The van der Waals surface area contributed by atoms with Gasteiger partial charge in [0, 0.05) is 4.47 Å². The van der Waals surface area contributed by atoms with Crippen LogP contribution >= 0.6 is 15.9 Å². The third-order valence-electron chi connectivity index (χ3n) is 1.32. The first kappa shape index (κ1) is 7.87. The quantitative estimate of drug-likeness (QED) is 0.636. The Bertz CT molecular complexity index is 210. The number of hydrogen-bond donors (Lipinski definition) is 0. The van der Waals surface area contributed by atoms with E-state index in [-0.39, 0.29) is 0 Å². The summed E-state index contributed by atoms with van der Waals surface area (Å²) in [6.45, 7) is 0. The van der Waals surface area contributed by atoms with Gasteiger partial charge in [0.15, 0.2) is 0 Å². The fourth-order valence-electron chi connectivity index (χ4n) is 0.859. The Morgan fingerprint density at radius 1 is 1.40 bits per heavy atom. The van der Waals surface area contributed by atoms with Crippen molar-refractivity contribution in [2.45, 2.75) is 12.7 Å². The van der Waals surface area contributed by atoms with Gasteiger partial charge in [-0.25, -0.2) is 0 Å². The maximum Gasteiger partial charge on any atom is 0.0657 e. The Morgan fingerprint density at radius 2 is 2.20 bits per heavy atom. The molecule has 1 aromatic carbocycles. The van der Waals surface area contributed by atoms with Crippen LogP contribution in [0.5, 0.6) is 0 Å². The van der Waals surface area contributed by atoms with Crippen molar-refractivity contribution in [1.82, 2.24) is 0 Å². The number of halogens is 1. The molecular weight excluding hydrogens is 187 g/mol. The average Bonchev–Trinajstić information content (AvgIpc) is 1.88. The first-order valence-electron chi connectivity index (χ1n) is 3.27. The van der Waals surface area contributed by atoms with Crippen molar-refractivity contribution in [1.29, 1.82) is 0 Å². The van der Waals surface area contributed by atoms with Gasteiger partial charge in [-0.2, -0.15) is 0 Å². The zero-order chi connectivity index (χ0) is 7.40. The topological polar surface area (TPSA) is 0 Å². The van der Waals surface area contributed by atoms with Gasteiger partial charge in [-0.3, -0.25) is 0 Å². The summed E-state index contributed by atoms with van der Waals surface area (Å²) in [6.07, 6.45) is 1.68. The lowest BCUT2D eigenvalue weighted by molar-refractivity contribution is 1.13. The molecule has 0 unspecified atom stereocenters. The Hall–Kier alpha value is -0.235. The van der Waals surface area contributed by atoms with E-state index in [1.165, 1.54) is 5.56 Å². The fraction of sp³-hybridized carbons (Fsp3) is 0.250. The molecule has 0 aromatic heterocycles. The maximum atomic E-state index is 5.40. The number of hydrogen-bond acceptors (Lipinski definition) is 0. The highest BCUT2D eigenvalue weighted by atomic mass is 79.9. The molecule has 0 aliphatic heterocycles. The van der Waals surface area contributed by atoms with Crippen LogP contribution < -0.4 is 0 Å². The van der Waals surface area contributed by atoms with Crippen LogP contribution in [0.3, 0.4) is 0 Å². The molecule has 0 saturated carbocycles. The summed E-state index contributed by atoms with van der Waals surface area (Å²) in [6, 6.07) is 8.21. The predicted molar refractivity (Wildman–Crippen MR) is 48.4 cm³/mol. The van der Waals surface area contributed by atoms with Crippen LogP contribution in [0.2, 0.25) is 6.32 Å². The molecule has 50 valence electrons. The van der Waals surface area contributed by atoms with E-state index in [1.807, 2.05) is 12.1 Å². The van der Waals surface area contributed by atoms with Gasteiger partial charge in [-0.05, 0) is 24.1 Å². The highest BCUT2D eigenvalue weighted by Gasteiger charge is 1.89. The molecule has 0 aliphatic rings. The molecule has 1 aromatic rings. The van der Waals surface area contributed by atoms with E-state index >= 15 is 0 Å². The van der Waals surface area contributed by atoms with E-state index in [9.17, 15) is 0 Å². The molecule has 2 heteroatoms. The minimum Gasteiger partial charge on any atom is -0.0847 e. The van der Waals surface area contributed by atoms with Gasteiger partial charge in [-0.15, -0.1) is 0 Å². The van der Waals surface area contributed by atoms with Gasteiger partial charge in [0.05, 0.1) is 7.85 Å². The molecule has 0 saturated heterocycles. The third-order valence-corrected chi connectivity index (χ3v) is 1.82. The van der Waals surface area contributed by atoms with Crippen LogP contribution in [-0.4, -0.2) is 7.85 Å². The third kappa shape index (κ3) is 2.18. The van der Waals surface area contributed by atoms with Gasteiger partial charge in [0.25, 0.3) is 0 Å². The highest BCUT2D eigenvalue weighted by Crippen LogP contribution is 2.12. The van der Waals surface area contributed by atoms with Gasteiger partial charge >= 0.3 is 0 Å². The first-order valence-corrected chi connectivity index (χ1v) is 4.07. The maximum absolute atomic E-state index is 5.40. The normalized spacial score (nSPS) is 9.70. The second kappa shape index (κ2) is 3.82. The summed E-state index contributed by atoms with van der Waals surface area (Å²) < 4.78 is 1.12. The molecule has 0 heterocycles. The summed E-state index contributed by atoms with van der Waals surface area (Å²) >= 11 is 3.39. The second-order valence-electron chi connectivity index (χ2n) is 2.17. The molecule has 0 aliphatic carbocycles. The van der Waals surface area contributed by atoms with E-state index in [4.69, 9.17) is 7.85 Å². The van der Waals surface area contributed by atoms with Gasteiger partial charge in [0.2, 0.25) is 0 Å². The van der Waals surface area contributed by atoms with Gasteiger partial charge < -0.3 is 0 Å². The minimum absolute atomic E-state index is 0.719. The van der Waals surface area contributed by atoms with Crippen LogP contribution in [0.15, 0.2) is 28.7 Å². The lowest BCUT2D eigenvalue weighted by Crippen LogP contribution is -1.82. The standard InChI is InChI=1S/C8H8BBr/c9-5-4-7-2-1-3-8(10)6-7/h1-3,6H,4-5H2. The molecule has 0 spiro atoms. The highest BCUT2D eigenvalue weighted by molar-refractivity contribution is 9.10. The minimum atomic E-state index is 0.719. The van der Waals surface area contributed by atoms with Crippen molar-refractivity contribution < 1.29 is 0 Å². The molecule has 0 bridgehead atoms. The summed E-state index contributed by atoms with van der Waals surface area (Å²) in [7, 11) is 5.40. The first-order chi connectivity index (χ1) is 4.83. The van der Waals surface area contributed by atoms with E-state index in [0.29, 0.717) is 0 Å². The lowest BCUT2D eigenvalue weighted by atomic mass is 9.98. The van der Waals surface area contributed by atoms with E-state index in [1.54, 1.807) is 0 Å². The number of rotatable bonds is 2. The second-order valence-corrected chi connectivity index (χ2v) is 3.08. The van der Waals surface area contributed by atoms with Crippen molar-refractivity contribution in [2.24, 2.45) is 0 Å². The summed E-state index contributed by atoms with van der Waals surface area (Å²) in [5.74, 6) is 0. The van der Waals surface area contributed by atoms with Crippen LogP contribution in [0, 0.1) is 0 Å². The Balaban J connectivity index is 2.75. The molecule has 0 N–H and O–H groups in total. The van der Waals surface area contributed by atoms with Gasteiger partial charge in [0.1, 0.15) is 0 Å². The molecule has 0 amide bonds. The van der Waals surface area contributed by atoms with Crippen molar-refractivity contribution in [3.63, 3.8) is 0 Å². The molecule has 2 radical (unpaired) electrons. The summed E-state index contributed by atoms with van der Waals surface area (Å²) in [4.78, 5) is 0. The molecule has 0 nitrogen and oxygen atoms in total. The summed E-state index contributed by atoms with van der Waals surface area (Å²) in [5.41, 5.74) is 1.29. The average molecular weight is 195 g/mol. The SMILES string of the molecule is [B]CCc1cccc(Br)c1. The Labute approximate surface area is 71.2 Å². The molecule has 1 rings (SSSR count). The Morgan fingerprint density at radius 3 is 2.80 bits per heavy atom. The van der Waals surface area contributed by atoms with Gasteiger partial charge in [-0.1, -0.05) is 34.4 Å². The van der Waals surface area contributed by atoms with E-state index in [2.05, 4.69) is 28.1 Å². The van der Waals surface area contributed by atoms with E-state index in [0.717, 1.165) is 17.2 Å². The van der Waals surface area contributed by atoms with Crippen molar-refractivity contribution in [3.05, 3.63) is 34.3 Å². The zero-order valence-electron chi connectivity index (χ0n) is 5.68.